The third-order valence-corrected chi connectivity index (χ3v) is 6.10. The van der Waals surface area contributed by atoms with Crippen molar-refractivity contribution in [1.29, 1.82) is 0 Å². The van der Waals surface area contributed by atoms with E-state index in [1.54, 1.807) is 51.1 Å². The predicted octanol–water partition coefficient (Wildman–Crippen LogP) is 3.84. The second-order valence-corrected chi connectivity index (χ2v) is 9.33. The number of nitrogens with one attached hydrogen (secondary N) is 2. The molecule has 0 bridgehead atoms. The Morgan fingerprint density at radius 1 is 1.14 bits per heavy atom. The molecule has 1 aromatic heterocycles. The van der Waals surface area contributed by atoms with Crippen LogP contribution in [0.15, 0.2) is 56.2 Å². The lowest BCUT2D eigenvalue weighted by Gasteiger charge is -2.21. The number of sulfonamides is 1. The molecule has 28 heavy (non-hydrogen) atoms. The number of hydrogen-bond acceptors (Lipinski definition) is 5. The van der Waals surface area contributed by atoms with E-state index in [2.05, 4.69) is 31.0 Å². The zero-order valence-corrected chi connectivity index (χ0v) is 18.0. The van der Waals surface area contributed by atoms with Crippen molar-refractivity contribution in [3.8, 4) is 0 Å². The first-order valence-corrected chi connectivity index (χ1v) is 10.9. The molecule has 0 aliphatic heterocycles. The summed E-state index contributed by atoms with van der Waals surface area (Å²) in [4.78, 5) is 17.1. The number of carbonyl (C=O) groups excluding carboxylic acids is 1. The van der Waals surface area contributed by atoms with E-state index in [0.717, 1.165) is 4.47 Å². The van der Waals surface area contributed by atoms with Crippen LogP contribution in [0.5, 0.6) is 0 Å². The number of carbonyl (C=O) groups is 1. The maximum atomic E-state index is 12.8. The fourth-order valence-electron chi connectivity index (χ4n) is 2.68. The Bertz CT molecular complexity index is 1110. The Hall–Kier alpha value is -2.23. The summed E-state index contributed by atoms with van der Waals surface area (Å²) in [6.07, 6.45) is 0. The second-order valence-electron chi connectivity index (χ2n) is 6.70. The van der Waals surface area contributed by atoms with Crippen molar-refractivity contribution in [2.75, 3.05) is 5.32 Å². The molecule has 1 heterocycles. The number of fused-ring (bicyclic) bond motifs is 1. The minimum absolute atomic E-state index is 0.0905. The summed E-state index contributed by atoms with van der Waals surface area (Å²) in [5.74, 6) is -0.187. The van der Waals surface area contributed by atoms with Crippen LogP contribution in [0.3, 0.4) is 0 Å². The average Bonchev–Trinajstić information content (AvgIpc) is 2.99. The summed E-state index contributed by atoms with van der Waals surface area (Å²) in [6, 6.07) is 10.4. The molecule has 3 rings (SSSR count). The van der Waals surface area contributed by atoms with Crippen molar-refractivity contribution < 1.29 is 17.6 Å². The lowest BCUT2D eigenvalue weighted by Crippen LogP contribution is -2.47. The highest BCUT2D eigenvalue weighted by atomic mass is 79.9. The van der Waals surface area contributed by atoms with Crippen molar-refractivity contribution in [3.63, 3.8) is 0 Å². The van der Waals surface area contributed by atoms with Gasteiger partial charge in [-0.3, -0.25) is 4.79 Å². The normalized spacial score (nSPS) is 13.0. The molecular formula is C19H20BrN3O4S. The van der Waals surface area contributed by atoms with Crippen molar-refractivity contribution in [2.24, 2.45) is 5.92 Å². The van der Waals surface area contributed by atoms with Crippen LogP contribution >= 0.6 is 15.9 Å². The van der Waals surface area contributed by atoms with E-state index in [-0.39, 0.29) is 10.8 Å². The maximum absolute atomic E-state index is 12.8. The maximum Gasteiger partial charge on any atom is 0.242 e. The van der Waals surface area contributed by atoms with Gasteiger partial charge in [0, 0.05) is 23.2 Å². The monoisotopic (exact) mass is 465 g/mol. The highest BCUT2D eigenvalue weighted by Gasteiger charge is 2.28. The SMILES string of the molecule is Cc1nc2ccc(NC(=O)[C@@H](NS(=O)(=O)c3ccc(Br)cc3)C(C)C)cc2o1. The first-order chi connectivity index (χ1) is 13.2. The summed E-state index contributed by atoms with van der Waals surface area (Å²) in [7, 11) is -3.85. The topological polar surface area (TPSA) is 101 Å². The Kier molecular flexibility index (Phi) is 5.87. The number of oxazole rings is 1. The molecule has 1 amide bonds. The third kappa shape index (κ3) is 4.60. The fraction of sp³-hybridized carbons (Fsp3) is 0.263. The van der Waals surface area contributed by atoms with Gasteiger partial charge in [0.05, 0.1) is 4.90 Å². The fourth-order valence-corrected chi connectivity index (χ4v) is 4.29. The number of anilines is 1. The van der Waals surface area contributed by atoms with Crippen LogP contribution in [-0.2, 0) is 14.8 Å². The van der Waals surface area contributed by atoms with Gasteiger partial charge in [-0.1, -0.05) is 29.8 Å². The van der Waals surface area contributed by atoms with Crippen LogP contribution in [0.2, 0.25) is 0 Å². The zero-order chi connectivity index (χ0) is 20.5. The van der Waals surface area contributed by atoms with E-state index in [0.29, 0.717) is 22.7 Å². The van der Waals surface area contributed by atoms with Crippen LogP contribution < -0.4 is 10.0 Å². The lowest BCUT2D eigenvalue weighted by atomic mass is 10.0. The molecule has 2 aromatic carbocycles. The smallest absolute Gasteiger partial charge is 0.242 e. The molecular weight excluding hydrogens is 446 g/mol. The van der Waals surface area contributed by atoms with Crippen molar-refractivity contribution >= 4 is 48.6 Å². The van der Waals surface area contributed by atoms with Crippen LogP contribution in [0.4, 0.5) is 5.69 Å². The van der Waals surface area contributed by atoms with Crippen molar-refractivity contribution in [3.05, 3.63) is 52.8 Å². The van der Waals surface area contributed by atoms with Gasteiger partial charge >= 0.3 is 0 Å². The van der Waals surface area contributed by atoms with Crippen molar-refractivity contribution in [2.45, 2.75) is 31.7 Å². The molecule has 7 nitrogen and oxygen atoms in total. The molecule has 0 fully saturated rings. The Morgan fingerprint density at radius 2 is 1.82 bits per heavy atom. The van der Waals surface area contributed by atoms with E-state index in [1.807, 2.05) is 0 Å². The van der Waals surface area contributed by atoms with Gasteiger partial charge in [0.1, 0.15) is 11.6 Å². The molecule has 0 aliphatic rings. The third-order valence-electron chi connectivity index (χ3n) is 4.12. The van der Waals surface area contributed by atoms with Crippen LogP contribution in [0.1, 0.15) is 19.7 Å². The Labute approximate surface area is 171 Å². The van der Waals surface area contributed by atoms with Crippen LogP contribution in [0.25, 0.3) is 11.1 Å². The summed E-state index contributed by atoms with van der Waals surface area (Å²) in [5, 5.41) is 2.75. The summed E-state index contributed by atoms with van der Waals surface area (Å²) >= 11 is 3.27. The molecule has 9 heteroatoms. The van der Waals surface area contributed by atoms with Crippen LogP contribution in [-0.4, -0.2) is 25.4 Å². The molecule has 0 aliphatic carbocycles. The van der Waals surface area contributed by atoms with Gasteiger partial charge in [0.2, 0.25) is 15.9 Å². The van der Waals surface area contributed by atoms with Crippen molar-refractivity contribution in [1.82, 2.24) is 9.71 Å². The van der Waals surface area contributed by atoms with Gasteiger partial charge in [0.15, 0.2) is 11.5 Å². The summed E-state index contributed by atoms with van der Waals surface area (Å²) < 4.78 is 34.1. The number of hydrogen-bond donors (Lipinski definition) is 2. The number of benzene rings is 2. The van der Waals surface area contributed by atoms with Gasteiger partial charge in [-0.15, -0.1) is 0 Å². The minimum Gasteiger partial charge on any atom is -0.441 e. The number of aryl methyl sites for hydroxylation is 1. The lowest BCUT2D eigenvalue weighted by molar-refractivity contribution is -0.118. The molecule has 0 saturated carbocycles. The Morgan fingerprint density at radius 3 is 2.46 bits per heavy atom. The number of rotatable bonds is 6. The number of halogens is 1. The number of nitrogens with zero attached hydrogens (tertiary/aromatic N) is 1. The molecule has 3 aromatic rings. The molecule has 1 atom stereocenters. The molecule has 0 spiro atoms. The summed E-state index contributed by atoms with van der Waals surface area (Å²) in [6.45, 7) is 5.29. The van der Waals surface area contributed by atoms with E-state index in [1.165, 1.54) is 12.1 Å². The highest BCUT2D eigenvalue weighted by molar-refractivity contribution is 9.10. The highest BCUT2D eigenvalue weighted by Crippen LogP contribution is 2.21. The number of amides is 1. The van der Waals surface area contributed by atoms with E-state index in [4.69, 9.17) is 4.42 Å². The van der Waals surface area contributed by atoms with Gasteiger partial charge < -0.3 is 9.73 Å². The molecule has 2 N–H and O–H groups in total. The molecule has 0 radical (unpaired) electrons. The van der Waals surface area contributed by atoms with Gasteiger partial charge in [-0.25, -0.2) is 13.4 Å². The number of aromatic nitrogens is 1. The molecule has 148 valence electrons. The van der Waals surface area contributed by atoms with E-state index < -0.39 is 22.0 Å². The first-order valence-electron chi connectivity index (χ1n) is 8.61. The minimum atomic E-state index is -3.85. The van der Waals surface area contributed by atoms with Crippen LogP contribution in [0, 0.1) is 12.8 Å². The van der Waals surface area contributed by atoms with E-state index in [9.17, 15) is 13.2 Å². The van der Waals surface area contributed by atoms with E-state index >= 15 is 0 Å². The molecule has 0 saturated heterocycles. The second kappa shape index (κ2) is 8.02. The predicted molar refractivity (Wildman–Crippen MR) is 110 cm³/mol. The van der Waals surface area contributed by atoms with Gasteiger partial charge in [0.25, 0.3) is 0 Å². The Balaban J connectivity index is 1.80. The zero-order valence-electron chi connectivity index (χ0n) is 15.6. The van der Waals surface area contributed by atoms with Gasteiger partial charge in [-0.05, 0) is 42.3 Å². The standard InChI is InChI=1S/C19H20BrN3O4S/c1-11(2)18(23-28(25,26)15-7-4-13(20)5-8-15)19(24)22-14-6-9-16-17(10-14)27-12(3)21-16/h4-11,18,23H,1-3H3,(H,22,24)/t18-/m0/s1. The molecule has 0 unspecified atom stereocenters. The quantitative estimate of drug-likeness (QED) is 0.575. The first kappa shape index (κ1) is 20.5. The van der Waals surface area contributed by atoms with Gasteiger partial charge in [-0.2, -0.15) is 4.72 Å². The largest absolute Gasteiger partial charge is 0.441 e. The summed E-state index contributed by atoms with van der Waals surface area (Å²) in [5.41, 5.74) is 1.74. The average molecular weight is 466 g/mol.